The molecule has 2 nitrogen and oxygen atoms in total. The van der Waals surface area contributed by atoms with E-state index in [4.69, 9.17) is 0 Å². The van der Waals surface area contributed by atoms with Crippen LogP contribution in [0.1, 0.15) is 90.4 Å². The van der Waals surface area contributed by atoms with Gasteiger partial charge >= 0.3 is 0 Å². The van der Waals surface area contributed by atoms with Gasteiger partial charge in [-0.1, -0.05) is 57.1 Å². The molecule has 1 aliphatic heterocycles. The van der Waals surface area contributed by atoms with Crippen molar-refractivity contribution in [1.82, 2.24) is 4.90 Å². The van der Waals surface area contributed by atoms with E-state index in [1.54, 1.807) is 0 Å². The lowest BCUT2D eigenvalue weighted by atomic mass is 10.1. The summed E-state index contributed by atoms with van der Waals surface area (Å²) in [5, 5.41) is 0. The van der Waals surface area contributed by atoms with Crippen molar-refractivity contribution in [3.05, 3.63) is 12.2 Å². The van der Waals surface area contributed by atoms with E-state index in [2.05, 4.69) is 24.0 Å². The summed E-state index contributed by atoms with van der Waals surface area (Å²) >= 11 is 0. The van der Waals surface area contributed by atoms with Gasteiger partial charge in [-0.2, -0.15) is 0 Å². The van der Waals surface area contributed by atoms with Crippen molar-refractivity contribution in [1.29, 1.82) is 0 Å². The van der Waals surface area contributed by atoms with Crippen LogP contribution in [0.4, 0.5) is 0 Å². The number of likely N-dealkylation sites (tertiary alicyclic amines) is 1. The minimum absolute atomic E-state index is 0.406. The van der Waals surface area contributed by atoms with Gasteiger partial charge in [-0.05, 0) is 39.0 Å². The number of hydrogen-bond acceptors (Lipinski definition) is 1. The highest BCUT2D eigenvalue weighted by Gasteiger charge is 2.14. The summed E-state index contributed by atoms with van der Waals surface area (Å²) in [5.74, 6) is 0.406. The van der Waals surface area contributed by atoms with Crippen LogP contribution in [0.25, 0.3) is 0 Å². The van der Waals surface area contributed by atoms with Gasteiger partial charge < -0.3 is 4.90 Å². The van der Waals surface area contributed by atoms with Crippen LogP contribution in [-0.2, 0) is 4.79 Å². The van der Waals surface area contributed by atoms with Crippen LogP contribution in [0.5, 0.6) is 0 Å². The molecular weight excluding hydrogens is 258 g/mol. The first-order valence-electron chi connectivity index (χ1n) is 9.23. The topological polar surface area (TPSA) is 20.3 Å². The number of amides is 1. The van der Waals surface area contributed by atoms with Gasteiger partial charge in [0.2, 0.25) is 5.91 Å². The maximum Gasteiger partial charge on any atom is 0.222 e. The second-order valence-electron chi connectivity index (χ2n) is 6.38. The van der Waals surface area contributed by atoms with Crippen molar-refractivity contribution in [3.8, 4) is 0 Å². The first-order valence-corrected chi connectivity index (χ1v) is 9.23. The molecular formula is C19H35NO. The second kappa shape index (κ2) is 12.9. The first-order chi connectivity index (χ1) is 10.3. The molecule has 122 valence electrons. The largest absolute Gasteiger partial charge is 0.343 e. The normalized spacial score (nSPS) is 16.3. The Hall–Kier alpha value is -0.790. The number of nitrogens with zero attached hydrogens (tertiary/aromatic N) is 1. The van der Waals surface area contributed by atoms with E-state index in [0.717, 1.165) is 25.9 Å². The van der Waals surface area contributed by atoms with Crippen molar-refractivity contribution in [3.63, 3.8) is 0 Å². The molecule has 0 unspecified atom stereocenters. The van der Waals surface area contributed by atoms with Crippen LogP contribution >= 0.6 is 0 Å². The molecule has 1 heterocycles. The molecule has 1 aliphatic rings. The Morgan fingerprint density at radius 2 is 1.43 bits per heavy atom. The molecule has 0 spiro atoms. The summed E-state index contributed by atoms with van der Waals surface area (Å²) in [6.07, 6.45) is 20.4. The molecule has 0 aromatic carbocycles. The quantitative estimate of drug-likeness (QED) is 0.386. The molecule has 21 heavy (non-hydrogen) atoms. The van der Waals surface area contributed by atoms with Gasteiger partial charge in [0.05, 0.1) is 0 Å². The third-order valence-electron chi connectivity index (χ3n) is 4.46. The zero-order valence-corrected chi connectivity index (χ0v) is 14.1. The molecule has 0 aromatic heterocycles. The third-order valence-corrected chi connectivity index (χ3v) is 4.46. The molecule has 1 saturated heterocycles. The third kappa shape index (κ3) is 9.71. The predicted octanol–water partition coefficient (Wildman–Crippen LogP) is 5.48. The SMILES string of the molecule is CC=CCCCCCCCCCC(=O)N1CCCCCC1. The van der Waals surface area contributed by atoms with E-state index in [0.29, 0.717) is 5.91 Å². The van der Waals surface area contributed by atoms with Gasteiger partial charge in [0.1, 0.15) is 0 Å². The number of carbonyl (C=O) groups excluding carboxylic acids is 1. The average molecular weight is 293 g/mol. The summed E-state index contributed by atoms with van der Waals surface area (Å²) in [7, 11) is 0. The highest BCUT2D eigenvalue weighted by molar-refractivity contribution is 5.76. The minimum atomic E-state index is 0.406. The maximum absolute atomic E-state index is 12.1. The van der Waals surface area contributed by atoms with Crippen LogP contribution < -0.4 is 0 Å². The molecule has 1 rings (SSSR count). The molecule has 0 atom stereocenters. The molecule has 2 heteroatoms. The zero-order chi connectivity index (χ0) is 15.2. The lowest BCUT2D eigenvalue weighted by Gasteiger charge is -2.20. The number of unbranched alkanes of at least 4 members (excludes halogenated alkanes) is 7. The second-order valence-corrected chi connectivity index (χ2v) is 6.38. The average Bonchev–Trinajstić information content (AvgIpc) is 2.78. The molecule has 0 radical (unpaired) electrons. The van der Waals surface area contributed by atoms with Crippen LogP contribution in [0, 0.1) is 0 Å². The highest BCUT2D eigenvalue weighted by Crippen LogP contribution is 2.13. The Bertz CT molecular complexity index is 277. The van der Waals surface area contributed by atoms with E-state index >= 15 is 0 Å². The van der Waals surface area contributed by atoms with Crippen LogP contribution in [-0.4, -0.2) is 23.9 Å². The Morgan fingerprint density at radius 3 is 2.05 bits per heavy atom. The van der Waals surface area contributed by atoms with E-state index < -0.39 is 0 Å². The summed E-state index contributed by atoms with van der Waals surface area (Å²) in [5.41, 5.74) is 0. The smallest absolute Gasteiger partial charge is 0.222 e. The first kappa shape index (κ1) is 18.3. The van der Waals surface area contributed by atoms with Gasteiger partial charge in [0, 0.05) is 19.5 Å². The van der Waals surface area contributed by atoms with Gasteiger partial charge in [-0.25, -0.2) is 0 Å². The van der Waals surface area contributed by atoms with E-state index in [1.165, 1.54) is 70.6 Å². The minimum Gasteiger partial charge on any atom is -0.343 e. The fraction of sp³-hybridized carbons (Fsp3) is 0.842. The molecule has 0 saturated carbocycles. The molecule has 0 aliphatic carbocycles. The molecule has 0 bridgehead atoms. The van der Waals surface area contributed by atoms with Crippen molar-refractivity contribution in [2.75, 3.05) is 13.1 Å². The van der Waals surface area contributed by atoms with Gasteiger partial charge in [0.25, 0.3) is 0 Å². The molecule has 0 aromatic rings. The Balaban J connectivity index is 1.90. The number of rotatable bonds is 10. The number of carbonyl (C=O) groups is 1. The summed E-state index contributed by atoms with van der Waals surface area (Å²) in [4.78, 5) is 14.2. The molecule has 1 amide bonds. The van der Waals surface area contributed by atoms with Crippen LogP contribution in [0.15, 0.2) is 12.2 Å². The van der Waals surface area contributed by atoms with Crippen molar-refractivity contribution < 1.29 is 4.79 Å². The van der Waals surface area contributed by atoms with Crippen molar-refractivity contribution >= 4 is 5.91 Å². The Kier molecular flexibility index (Phi) is 11.2. The predicted molar refractivity (Wildman–Crippen MR) is 91.4 cm³/mol. The Morgan fingerprint density at radius 1 is 0.857 bits per heavy atom. The van der Waals surface area contributed by atoms with E-state index in [-0.39, 0.29) is 0 Å². The van der Waals surface area contributed by atoms with Gasteiger partial charge in [-0.3, -0.25) is 4.79 Å². The number of allylic oxidation sites excluding steroid dienone is 2. The standard InChI is InChI=1S/C19H35NO/c1-2-3-4-5-6-7-8-9-10-13-16-19(21)20-17-14-11-12-15-18-20/h2-3H,4-18H2,1H3. The Labute approximate surface area is 132 Å². The van der Waals surface area contributed by atoms with Crippen molar-refractivity contribution in [2.45, 2.75) is 90.4 Å². The lowest BCUT2D eigenvalue weighted by Crippen LogP contribution is -2.31. The van der Waals surface area contributed by atoms with Crippen LogP contribution in [0.2, 0.25) is 0 Å². The highest BCUT2D eigenvalue weighted by atomic mass is 16.2. The van der Waals surface area contributed by atoms with Gasteiger partial charge in [-0.15, -0.1) is 0 Å². The number of hydrogen-bond donors (Lipinski definition) is 0. The maximum atomic E-state index is 12.1. The monoisotopic (exact) mass is 293 g/mol. The fourth-order valence-electron chi connectivity index (χ4n) is 3.07. The molecule has 1 fully saturated rings. The zero-order valence-electron chi connectivity index (χ0n) is 14.1. The van der Waals surface area contributed by atoms with E-state index in [1.807, 2.05) is 0 Å². The molecule has 0 N–H and O–H groups in total. The van der Waals surface area contributed by atoms with Crippen molar-refractivity contribution in [2.24, 2.45) is 0 Å². The lowest BCUT2D eigenvalue weighted by molar-refractivity contribution is -0.131. The van der Waals surface area contributed by atoms with E-state index in [9.17, 15) is 4.79 Å². The summed E-state index contributed by atoms with van der Waals surface area (Å²) in [6, 6.07) is 0. The summed E-state index contributed by atoms with van der Waals surface area (Å²) < 4.78 is 0. The summed E-state index contributed by atoms with van der Waals surface area (Å²) in [6.45, 7) is 4.10. The van der Waals surface area contributed by atoms with Crippen LogP contribution in [0.3, 0.4) is 0 Å². The van der Waals surface area contributed by atoms with Gasteiger partial charge in [0.15, 0.2) is 0 Å². The fourth-order valence-corrected chi connectivity index (χ4v) is 3.07.